The summed E-state index contributed by atoms with van der Waals surface area (Å²) in [6.07, 6.45) is 1.64. The molecule has 2 rings (SSSR count). The van der Waals surface area contributed by atoms with Gasteiger partial charge in [-0.05, 0) is 13.0 Å². The molecule has 1 N–H and O–H groups in total. The monoisotopic (exact) mass is 219 g/mol. The van der Waals surface area contributed by atoms with E-state index in [1.54, 1.807) is 26.4 Å². The number of pyridine rings is 1. The van der Waals surface area contributed by atoms with Crippen molar-refractivity contribution in [3.05, 3.63) is 34.4 Å². The lowest BCUT2D eigenvalue weighted by Gasteiger charge is -2.00. The van der Waals surface area contributed by atoms with Gasteiger partial charge in [0.25, 0.3) is 5.56 Å². The molecule has 0 saturated heterocycles. The molecule has 0 aliphatic carbocycles. The highest BCUT2D eigenvalue weighted by atomic mass is 16.5. The molecule has 0 aliphatic rings. The Bertz CT molecular complexity index is 552. The number of ether oxygens (including phenoxy) is 1. The average molecular weight is 219 g/mol. The fraction of sp³-hybridized carbons (Fsp3) is 0.273. The van der Waals surface area contributed by atoms with E-state index in [1.807, 2.05) is 13.0 Å². The van der Waals surface area contributed by atoms with Gasteiger partial charge in [0.15, 0.2) is 0 Å². The van der Waals surface area contributed by atoms with Crippen LogP contribution >= 0.6 is 0 Å². The summed E-state index contributed by atoms with van der Waals surface area (Å²) in [5.74, 6) is 0.536. The van der Waals surface area contributed by atoms with Crippen LogP contribution in [0, 0.1) is 6.92 Å². The second kappa shape index (κ2) is 3.84. The maximum atomic E-state index is 11.8. The Kier molecular flexibility index (Phi) is 2.52. The maximum Gasteiger partial charge on any atom is 0.274 e. The lowest BCUT2D eigenvalue weighted by molar-refractivity contribution is 0.398. The van der Waals surface area contributed by atoms with Crippen LogP contribution in [0.2, 0.25) is 0 Å². The fourth-order valence-corrected chi connectivity index (χ4v) is 1.68. The molecule has 0 unspecified atom stereocenters. The van der Waals surface area contributed by atoms with Gasteiger partial charge in [0, 0.05) is 30.6 Å². The van der Waals surface area contributed by atoms with Crippen LogP contribution in [0.15, 0.2) is 23.1 Å². The number of rotatable bonds is 2. The molecule has 5 heteroatoms. The van der Waals surface area contributed by atoms with Crippen molar-refractivity contribution in [1.82, 2.24) is 14.8 Å². The average Bonchev–Trinajstić information content (AvgIpc) is 2.54. The number of H-pyrrole nitrogens is 1. The van der Waals surface area contributed by atoms with E-state index in [0.717, 1.165) is 11.3 Å². The number of aryl methyl sites for hydroxylation is 2. The molecule has 0 amide bonds. The van der Waals surface area contributed by atoms with Gasteiger partial charge in [-0.25, -0.2) is 4.98 Å². The third kappa shape index (κ3) is 1.60. The van der Waals surface area contributed by atoms with Gasteiger partial charge in [-0.3, -0.25) is 14.6 Å². The Labute approximate surface area is 92.7 Å². The maximum absolute atomic E-state index is 11.8. The third-order valence-electron chi connectivity index (χ3n) is 2.46. The number of aromatic amines is 1. The van der Waals surface area contributed by atoms with Crippen LogP contribution in [0.5, 0.6) is 5.88 Å². The zero-order valence-electron chi connectivity index (χ0n) is 9.44. The third-order valence-corrected chi connectivity index (χ3v) is 2.46. The summed E-state index contributed by atoms with van der Waals surface area (Å²) in [5.41, 5.74) is 2.22. The fourth-order valence-electron chi connectivity index (χ4n) is 1.68. The van der Waals surface area contributed by atoms with Gasteiger partial charge in [0.05, 0.1) is 12.7 Å². The van der Waals surface area contributed by atoms with Crippen LogP contribution in [-0.4, -0.2) is 21.9 Å². The Hall–Kier alpha value is -2.04. The molecule has 0 atom stereocenters. The number of nitrogens with one attached hydrogen (secondary N) is 1. The topological polar surface area (TPSA) is 59.9 Å². The van der Waals surface area contributed by atoms with Gasteiger partial charge < -0.3 is 4.74 Å². The Morgan fingerprint density at radius 2 is 2.19 bits per heavy atom. The lowest BCUT2D eigenvalue weighted by Crippen LogP contribution is -2.13. The molecule has 2 heterocycles. The van der Waals surface area contributed by atoms with Crippen molar-refractivity contribution in [1.29, 1.82) is 0 Å². The zero-order valence-corrected chi connectivity index (χ0v) is 9.44. The first-order chi connectivity index (χ1) is 7.63. The molecular weight excluding hydrogens is 206 g/mol. The molecule has 5 nitrogen and oxygen atoms in total. The Balaban J connectivity index is 2.54. The second-order valence-electron chi connectivity index (χ2n) is 3.57. The summed E-state index contributed by atoms with van der Waals surface area (Å²) in [6, 6.07) is 3.56. The highest BCUT2D eigenvalue weighted by Crippen LogP contribution is 2.19. The minimum atomic E-state index is -0.0514. The highest BCUT2D eigenvalue weighted by molar-refractivity contribution is 5.64. The van der Waals surface area contributed by atoms with E-state index >= 15 is 0 Å². The first-order valence-electron chi connectivity index (χ1n) is 4.89. The van der Waals surface area contributed by atoms with Crippen molar-refractivity contribution < 1.29 is 4.74 Å². The molecule has 0 radical (unpaired) electrons. The van der Waals surface area contributed by atoms with E-state index in [1.165, 1.54) is 4.68 Å². The van der Waals surface area contributed by atoms with Crippen molar-refractivity contribution in [2.45, 2.75) is 6.92 Å². The van der Waals surface area contributed by atoms with Crippen molar-refractivity contribution in [2.75, 3.05) is 7.11 Å². The molecular formula is C11H13N3O2. The summed E-state index contributed by atoms with van der Waals surface area (Å²) in [6.45, 7) is 1.86. The van der Waals surface area contributed by atoms with Crippen LogP contribution in [0.3, 0.4) is 0 Å². The van der Waals surface area contributed by atoms with E-state index < -0.39 is 0 Å². The summed E-state index contributed by atoms with van der Waals surface area (Å²) < 4.78 is 6.42. The molecule has 2 aromatic rings. The quantitative estimate of drug-likeness (QED) is 0.822. The number of hydrogen-bond acceptors (Lipinski definition) is 3. The SMILES string of the molecule is COc1ccc(-c2c(C)[nH]n(C)c2=O)cn1. The first-order valence-corrected chi connectivity index (χ1v) is 4.89. The predicted octanol–water partition coefficient (Wildman–Crippen LogP) is 1.09. The van der Waals surface area contributed by atoms with Crippen molar-refractivity contribution >= 4 is 0 Å². The van der Waals surface area contributed by atoms with Crippen LogP contribution in [-0.2, 0) is 7.05 Å². The van der Waals surface area contributed by atoms with Gasteiger partial charge in [0.2, 0.25) is 5.88 Å². The molecule has 0 fully saturated rings. The molecule has 0 saturated carbocycles. The van der Waals surface area contributed by atoms with E-state index in [2.05, 4.69) is 10.1 Å². The zero-order chi connectivity index (χ0) is 11.7. The Morgan fingerprint density at radius 3 is 2.62 bits per heavy atom. The Morgan fingerprint density at radius 1 is 1.44 bits per heavy atom. The summed E-state index contributed by atoms with van der Waals surface area (Å²) >= 11 is 0. The second-order valence-corrected chi connectivity index (χ2v) is 3.57. The first kappa shape index (κ1) is 10.5. The smallest absolute Gasteiger partial charge is 0.274 e. The minimum absolute atomic E-state index is 0.0514. The number of nitrogens with zero attached hydrogens (tertiary/aromatic N) is 2. The molecule has 0 spiro atoms. The van der Waals surface area contributed by atoms with E-state index in [0.29, 0.717) is 11.4 Å². The van der Waals surface area contributed by atoms with Crippen LogP contribution in [0.4, 0.5) is 0 Å². The molecule has 0 aliphatic heterocycles. The van der Waals surface area contributed by atoms with Crippen molar-refractivity contribution in [2.24, 2.45) is 7.05 Å². The van der Waals surface area contributed by atoms with Crippen LogP contribution < -0.4 is 10.3 Å². The number of methoxy groups -OCH3 is 1. The lowest BCUT2D eigenvalue weighted by atomic mass is 10.1. The summed E-state index contributed by atoms with van der Waals surface area (Å²) in [7, 11) is 3.25. The van der Waals surface area contributed by atoms with Gasteiger partial charge in [-0.2, -0.15) is 0 Å². The van der Waals surface area contributed by atoms with Gasteiger partial charge >= 0.3 is 0 Å². The largest absolute Gasteiger partial charge is 0.481 e. The van der Waals surface area contributed by atoms with Crippen LogP contribution in [0.1, 0.15) is 5.69 Å². The molecule has 84 valence electrons. The molecule has 2 aromatic heterocycles. The molecule has 16 heavy (non-hydrogen) atoms. The molecule has 0 bridgehead atoms. The predicted molar refractivity (Wildman–Crippen MR) is 60.6 cm³/mol. The van der Waals surface area contributed by atoms with Crippen LogP contribution in [0.25, 0.3) is 11.1 Å². The van der Waals surface area contributed by atoms with E-state index in [-0.39, 0.29) is 5.56 Å². The van der Waals surface area contributed by atoms with Crippen molar-refractivity contribution in [3.63, 3.8) is 0 Å². The summed E-state index contributed by atoms with van der Waals surface area (Å²) in [5, 5.41) is 2.95. The van der Waals surface area contributed by atoms with E-state index in [4.69, 9.17) is 4.74 Å². The highest BCUT2D eigenvalue weighted by Gasteiger charge is 2.11. The van der Waals surface area contributed by atoms with Gasteiger partial charge in [0.1, 0.15) is 0 Å². The normalized spacial score (nSPS) is 10.4. The molecule has 0 aromatic carbocycles. The minimum Gasteiger partial charge on any atom is -0.481 e. The van der Waals surface area contributed by atoms with Gasteiger partial charge in [-0.1, -0.05) is 0 Å². The van der Waals surface area contributed by atoms with Gasteiger partial charge in [-0.15, -0.1) is 0 Å². The van der Waals surface area contributed by atoms with E-state index in [9.17, 15) is 4.79 Å². The van der Waals surface area contributed by atoms with Crippen molar-refractivity contribution in [3.8, 4) is 17.0 Å². The standard InChI is InChI=1S/C11H13N3O2/c1-7-10(11(15)14(2)13-7)8-4-5-9(16-3)12-6-8/h4-6,13H,1-3H3. The number of aromatic nitrogens is 3. The summed E-state index contributed by atoms with van der Waals surface area (Å²) in [4.78, 5) is 15.9. The number of hydrogen-bond donors (Lipinski definition) is 1.